The van der Waals surface area contributed by atoms with Crippen LogP contribution in [0.1, 0.15) is 35.3 Å². The first-order valence-electron chi connectivity index (χ1n) is 8.17. The van der Waals surface area contributed by atoms with E-state index in [-0.39, 0.29) is 34.8 Å². The van der Waals surface area contributed by atoms with E-state index in [1.165, 1.54) is 7.11 Å². The summed E-state index contributed by atoms with van der Waals surface area (Å²) in [5.74, 6) is -2.56. The first-order chi connectivity index (χ1) is 12.6. The molecule has 0 saturated heterocycles. The molecule has 0 saturated carbocycles. The predicted octanol–water partition coefficient (Wildman–Crippen LogP) is 3.16. The highest BCUT2D eigenvalue weighted by atomic mass is 16.5. The molecule has 0 bridgehead atoms. The quantitative estimate of drug-likeness (QED) is 0.227. The zero-order chi connectivity index (χ0) is 20.3. The Labute approximate surface area is 156 Å². The molecule has 0 atom stereocenters. The molecular formula is C20H22O7. The van der Waals surface area contributed by atoms with Crippen LogP contribution < -0.4 is 4.74 Å². The molecule has 2 aromatic rings. The molecule has 5 N–H and O–H groups in total. The number of allylic oxidation sites excluding steroid dienone is 2. The fourth-order valence-electron chi connectivity index (χ4n) is 2.68. The average Bonchev–Trinajstić information content (AvgIpc) is 2.58. The number of methoxy groups -OCH3 is 1. The topological polar surface area (TPSA) is 127 Å². The summed E-state index contributed by atoms with van der Waals surface area (Å²) in [7, 11) is 1.36. The lowest BCUT2D eigenvalue weighted by Gasteiger charge is -2.16. The summed E-state index contributed by atoms with van der Waals surface area (Å²) in [5, 5.41) is 49.2. The van der Waals surface area contributed by atoms with E-state index in [4.69, 9.17) is 4.74 Å². The smallest absolute Gasteiger partial charge is 0.171 e. The van der Waals surface area contributed by atoms with E-state index in [1.54, 1.807) is 0 Å². The van der Waals surface area contributed by atoms with Crippen LogP contribution in [-0.4, -0.2) is 38.4 Å². The second-order valence-corrected chi connectivity index (χ2v) is 6.35. The molecular weight excluding hydrogens is 352 g/mol. The minimum absolute atomic E-state index is 0.143. The van der Waals surface area contributed by atoms with Gasteiger partial charge in [-0.25, -0.2) is 0 Å². The maximum absolute atomic E-state index is 12.6. The molecule has 0 spiro atoms. The van der Waals surface area contributed by atoms with Crippen molar-refractivity contribution in [1.29, 1.82) is 0 Å². The number of carbonyl (C=O) groups excluding carboxylic acids is 1. The highest BCUT2D eigenvalue weighted by molar-refractivity contribution is 6.01. The van der Waals surface area contributed by atoms with Crippen molar-refractivity contribution in [2.75, 3.05) is 7.11 Å². The van der Waals surface area contributed by atoms with Crippen LogP contribution in [0, 0.1) is 0 Å². The second-order valence-electron chi connectivity index (χ2n) is 6.35. The molecule has 2 rings (SSSR count). The van der Waals surface area contributed by atoms with Gasteiger partial charge in [-0.15, -0.1) is 0 Å². The van der Waals surface area contributed by atoms with Gasteiger partial charge in [0, 0.05) is 29.7 Å². The Morgan fingerprint density at radius 2 is 1.44 bits per heavy atom. The lowest BCUT2D eigenvalue weighted by Crippen LogP contribution is -2.07. The van der Waals surface area contributed by atoms with Gasteiger partial charge in [0.15, 0.2) is 17.3 Å². The summed E-state index contributed by atoms with van der Waals surface area (Å²) < 4.78 is 5.33. The number of ketones is 1. The van der Waals surface area contributed by atoms with Crippen molar-refractivity contribution in [3.8, 4) is 34.5 Å². The van der Waals surface area contributed by atoms with Crippen LogP contribution in [0.5, 0.6) is 34.5 Å². The lowest BCUT2D eigenvalue weighted by atomic mass is 9.96. The monoisotopic (exact) mass is 374 g/mol. The van der Waals surface area contributed by atoms with Crippen molar-refractivity contribution >= 4 is 5.78 Å². The summed E-state index contributed by atoms with van der Waals surface area (Å²) in [4.78, 5) is 12.6. The Hall–Kier alpha value is -3.35. The SMILES string of the molecule is COc1c(CC=C(C)C)c(O)cc(O)c1CC(=O)c1cc(O)c(O)cc1O. The summed E-state index contributed by atoms with van der Waals surface area (Å²) in [6.07, 6.45) is 1.85. The average molecular weight is 374 g/mol. The summed E-state index contributed by atoms with van der Waals surface area (Å²) in [6, 6.07) is 2.94. The van der Waals surface area contributed by atoms with Gasteiger partial charge in [-0.1, -0.05) is 11.6 Å². The Morgan fingerprint density at radius 3 is 2.04 bits per heavy atom. The van der Waals surface area contributed by atoms with E-state index in [0.717, 1.165) is 23.8 Å². The number of hydrogen-bond donors (Lipinski definition) is 5. The van der Waals surface area contributed by atoms with Gasteiger partial charge in [0.05, 0.1) is 12.7 Å². The minimum Gasteiger partial charge on any atom is -0.507 e. The van der Waals surface area contributed by atoms with E-state index in [2.05, 4.69) is 0 Å². The molecule has 0 fully saturated rings. The molecule has 0 amide bonds. The Balaban J connectivity index is 2.49. The maximum atomic E-state index is 12.6. The third-order valence-corrected chi connectivity index (χ3v) is 4.09. The zero-order valence-electron chi connectivity index (χ0n) is 15.3. The van der Waals surface area contributed by atoms with E-state index in [1.807, 2.05) is 19.9 Å². The van der Waals surface area contributed by atoms with Gasteiger partial charge in [0.25, 0.3) is 0 Å². The normalized spacial score (nSPS) is 10.5. The summed E-state index contributed by atoms with van der Waals surface area (Å²) in [5.41, 5.74) is 1.36. The number of aromatic hydroxyl groups is 5. The fraction of sp³-hybridized carbons (Fsp3) is 0.250. The van der Waals surface area contributed by atoms with Crippen LogP contribution in [0.2, 0.25) is 0 Å². The molecule has 2 aromatic carbocycles. The standard InChI is InChI=1S/C20H22O7/c1-10(2)4-5-11-15(22)8-17(24)13(20(11)27-3)7-14(21)12-6-18(25)19(26)9-16(12)23/h4,6,8-9,22-26H,5,7H2,1-3H3. The van der Waals surface area contributed by atoms with Crippen LogP contribution in [0.25, 0.3) is 0 Å². The number of rotatable bonds is 6. The van der Waals surface area contributed by atoms with Crippen molar-refractivity contribution in [2.45, 2.75) is 26.7 Å². The molecule has 7 nitrogen and oxygen atoms in total. The van der Waals surface area contributed by atoms with Gasteiger partial charge in [-0.2, -0.15) is 0 Å². The van der Waals surface area contributed by atoms with Crippen molar-refractivity contribution in [1.82, 2.24) is 0 Å². The van der Waals surface area contributed by atoms with Gasteiger partial charge in [-0.05, 0) is 26.3 Å². The molecule has 0 aliphatic carbocycles. The first kappa shape index (κ1) is 20.0. The third kappa shape index (κ3) is 4.25. The Morgan fingerprint density at radius 1 is 0.889 bits per heavy atom. The molecule has 144 valence electrons. The molecule has 27 heavy (non-hydrogen) atoms. The second kappa shape index (κ2) is 7.90. The number of benzene rings is 2. The molecule has 0 aromatic heterocycles. The molecule has 0 aliphatic heterocycles. The van der Waals surface area contributed by atoms with Crippen LogP contribution in [0.4, 0.5) is 0 Å². The number of Topliss-reactive ketones (excluding diaryl/α,β-unsaturated/α-hetero) is 1. The number of ether oxygens (including phenoxy) is 1. The van der Waals surface area contributed by atoms with Gasteiger partial charge >= 0.3 is 0 Å². The van der Waals surface area contributed by atoms with Gasteiger partial charge < -0.3 is 30.3 Å². The maximum Gasteiger partial charge on any atom is 0.171 e. The fourth-order valence-corrected chi connectivity index (χ4v) is 2.68. The predicted molar refractivity (Wildman–Crippen MR) is 98.9 cm³/mol. The van der Waals surface area contributed by atoms with Crippen molar-refractivity contribution in [3.63, 3.8) is 0 Å². The largest absolute Gasteiger partial charge is 0.507 e. The van der Waals surface area contributed by atoms with E-state index in [9.17, 15) is 30.3 Å². The Bertz CT molecular complexity index is 909. The summed E-state index contributed by atoms with van der Waals surface area (Å²) in [6.45, 7) is 3.79. The first-order valence-corrected chi connectivity index (χ1v) is 8.17. The van der Waals surface area contributed by atoms with Gasteiger partial charge in [-0.3, -0.25) is 4.79 Å². The lowest BCUT2D eigenvalue weighted by molar-refractivity contribution is 0.0988. The number of phenolic OH excluding ortho intramolecular Hbond substituents is 5. The minimum atomic E-state index is -0.616. The van der Waals surface area contributed by atoms with Crippen LogP contribution >= 0.6 is 0 Å². The summed E-state index contributed by atoms with van der Waals surface area (Å²) >= 11 is 0. The Kier molecular flexibility index (Phi) is 5.85. The van der Waals surface area contributed by atoms with Crippen LogP contribution in [0.15, 0.2) is 29.8 Å². The number of phenols is 5. The van der Waals surface area contributed by atoms with Crippen molar-refractivity contribution < 1.29 is 35.1 Å². The van der Waals surface area contributed by atoms with E-state index >= 15 is 0 Å². The molecule has 7 heteroatoms. The van der Waals surface area contributed by atoms with Crippen LogP contribution in [-0.2, 0) is 12.8 Å². The highest BCUT2D eigenvalue weighted by Crippen LogP contribution is 2.40. The van der Waals surface area contributed by atoms with Gasteiger partial charge in [0.2, 0.25) is 0 Å². The van der Waals surface area contributed by atoms with E-state index < -0.39 is 23.0 Å². The molecule has 0 radical (unpaired) electrons. The number of hydrogen-bond acceptors (Lipinski definition) is 7. The van der Waals surface area contributed by atoms with Crippen molar-refractivity contribution in [3.05, 3.63) is 46.5 Å². The number of carbonyl (C=O) groups is 1. The zero-order valence-corrected chi connectivity index (χ0v) is 15.3. The third-order valence-electron chi connectivity index (χ3n) is 4.09. The van der Waals surface area contributed by atoms with Crippen molar-refractivity contribution in [2.24, 2.45) is 0 Å². The molecule has 0 aliphatic rings. The molecule has 0 heterocycles. The highest BCUT2D eigenvalue weighted by Gasteiger charge is 2.23. The van der Waals surface area contributed by atoms with Gasteiger partial charge in [0.1, 0.15) is 23.0 Å². The van der Waals surface area contributed by atoms with Crippen LogP contribution in [0.3, 0.4) is 0 Å². The molecule has 0 unspecified atom stereocenters. The van der Waals surface area contributed by atoms with E-state index in [0.29, 0.717) is 12.0 Å².